The number of benzene rings is 3. The molecule has 1 unspecified atom stereocenters. The van der Waals surface area contributed by atoms with E-state index in [9.17, 15) is 19.1 Å². The van der Waals surface area contributed by atoms with Crippen molar-refractivity contribution < 1.29 is 23.8 Å². The second-order valence-corrected chi connectivity index (χ2v) is 8.54. The first kappa shape index (κ1) is 24.2. The summed E-state index contributed by atoms with van der Waals surface area (Å²) in [7, 11) is 0. The number of amides is 1. The maximum atomic E-state index is 13.4. The number of halogens is 1. The molecule has 0 saturated carbocycles. The quantitative estimate of drug-likeness (QED) is 0.179. The predicted molar refractivity (Wildman–Crippen MR) is 132 cm³/mol. The van der Waals surface area contributed by atoms with Gasteiger partial charge in [0.25, 0.3) is 11.7 Å². The molecule has 0 radical (unpaired) electrons. The molecule has 1 aliphatic heterocycles. The monoisotopic (exact) mass is 473 g/mol. The van der Waals surface area contributed by atoms with Gasteiger partial charge in [0.1, 0.15) is 17.3 Å². The van der Waals surface area contributed by atoms with Crippen molar-refractivity contribution in [2.75, 3.05) is 6.61 Å². The number of aliphatic hydroxyl groups excluding tert-OH is 1. The summed E-state index contributed by atoms with van der Waals surface area (Å²) < 4.78 is 19.2. The average molecular weight is 474 g/mol. The van der Waals surface area contributed by atoms with Crippen LogP contribution in [0.3, 0.4) is 0 Å². The number of hydrogen-bond acceptors (Lipinski definition) is 4. The van der Waals surface area contributed by atoms with E-state index in [-0.39, 0.29) is 23.4 Å². The van der Waals surface area contributed by atoms with Gasteiger partial charge in [-0.05, 0) is 53.9 Å². The molecule has 3 aromatic carbocycles. The molecule has 4 rings (SSSR count). The zero-order chi connectivity index (χ0) is 24.8. The molecule has 35 heavy (non-hydrogen) atoms. The summed E-state index contributed by atoms with van der Waals surface area (Å²) in [6.07, 6.45) is 3.17. The largest absolute Gasteiger partial charge is 0.507 e. The molecule has 0 aromatic heterocycles. The van der Waals surface area contributed by atoms with E-state index in [4.69, 9.17) is 4.74 Å². The van der Waals surface area contributed by atoms with Crippen molar-refractivity contribution in [2.24, 2.45) is 0 Å². The summed E-state index contributed by atoms with van der Waals surface area (Å²) in [6, 6.07) is 21.0. The van der Waals surface area contributed by atoms with E-state index in [1.165, 1.54) is 29.2 Å². The molecule has 1 amide bonds. The lowest BCUT2D eigenvalue weighted by molar-refractivity contribution is -0.140. The third kappa shape index (κ3) is 5.43. The molecule has 1 aliphatic rings. The van der Waals surface area contributed by atoms with Gasteiger partial charge in [0.05, 0.1) is 18.2 Å². The molecule has 6 heteroatoms. The first-order valence-corrected chi connectivity index (χ1v) is 11.8. The number of unbranched alkanes of at least 4 members (excludes halogenated alkanes) is 2. The summed E-state index contributed by atoms with van der Waals surface area (Å²) >= 11 is 0. The second kappa shape index (κ2) is 11.0. The highest BCUT2D eigenvalue weighted by Gasteiger charge is 2.46. The topological polar surface area (TPSA) is 66.8 Å². The lowest BCUT2D eigenvalue weighted by atomic mass is 9.95. The van der Waals surface area contributed by atoms with Crippen LogP contribution in [-0.4, -0.2) is 28.3 Å². The highest BCUT2D eigenvalue weighted by atomic mass is 19.1. The summed E-state index contributed by atoms with van der Waals surface area (Å²) in [5.41, 5.74) is 1.78. The Balaban J connectivity index is 1.72. The van der Waals surface area contributed by atoms with E-state index >= 15 is 0 Å². The Bertz CT molecular complexity index is 1200. The number of nitrogens with zero attached hydrogens (tertiary/aromatic N) is 1. The molecule has 0 aliphatic carbocycles. The predicted octanol–water partition coefficient (Wildman–Crippen LogP) is 6.02. The van der Waals surface area contributed by atoms with Crippen molar-refractivity contribution in [1.29, 1.82) is 0 Å². The Morgan fingerprint density at radius 1 is 0.943 bits per heavy atom. The fraction of sp³-hybridized carbons (Fsp3) is 0.241. The number of carbonyl (C=O) groups is 2. The number of likely N-dealkylation sites (tertiary alicyclic amines) is 1. The van der Waals surface area contributed by atoms with Gasteiger partial charge in [-0.25, -0.2) is 4.39 Å². The summed E-state index contributed by atoms with van der Waals surface area (Å²) in [5.74, 6) is -1.56. The lowest BCUT2D eigenvalue weighted by Crippen LogP contribution is -2.29. The molecule has 0 bridgehead atoms. The van der Waals surface area contributed by atoms with Crippen molar-refractivity contribution in [1.82, 2.24) is 4.90 Å². The highest BCUT2D eigenvalue weighted by Crippen LogP contribution is 2.40. The van der Waals surface area contributed by atoms with Gasteiger partial charge in [-0.3, -0.25) is 9.59 Å². The van der Waals surface area contributed by atoms with Crippen molar-refractivity contribution in [3.8, 4) is 5.75 Å². The number of Topliss-reactive ketones (excluding diaryl/α,β-unsaturated/α-hetero) is 1. The minimum absolute atomic E-state index is 0.0193. The van der Waals surface area contributed by atoms with Crippen LogP contribution in [0.5, 0.6) is 5.75 Å². The molecule has 3 aromatic rings. The van der Waals surface area contributed by atoms with Gasteiger partial charge < -0.3 is 14.7 Å². The van der Waals surface area contributed by atoms with Crippen LogP contribution in [-0.2, 0) is 16.1 Å². The van der Waals surface area contributed by atoms with Crippen LogP contribution in [0.25, 0.3) is 5.76 Å². The molecule has 1 N–H and O–H groups in total. The summed E-state index contributed by atoms with van der Waals surface area (Å²) in [6.45, 7) is 2.95. The Labute approximate surface area is 204 Å². The molecule has 1 heterocycles. The van der Waals surface area contributed by atoms with E-state index in [0.717, 1.165) is 24.8 Å². The Morgan fingerprint density at radius 2 is 1.63 bits per heavy atom. The Kier molecular flexibility index (Phi) is 7.60. The van der Waals surface area contributed by atoms with Crippen molar-refractivity contribution in [2.45, 2.75) is 38.8 Å². The second-order valence-electron chi connectivity index (χ2n) is 8.54. The summed E-state index contributed by atoms with van der Waals surface area (Å²) in [4.78, 5) is 27.7. The van der Waals surface area contributed by atoms with Crippen molar-refractivity contribution in [3.63, 3.8) is 0 Å². The normalized spacial score (nSPS) is 17.1. The van der Waals surface area contributed by atoms with E-state index in [1.807, 2.05) is 54.6 Å². The van der Waals surface area contributed by atoms with Crippen molar-refractivity contribution >= 4 is 17.4 Å². The molecule has 1 saturated heterocycles. The van der Waals surface area contributed by atoms with E-state index in [0.29, 0.717) is 17.9 Å². The van der Waals surface area contributed by atoms with Gasteiger partial charge in [0, 0.05) is 12.1 Å². The van der Waals surface area contributed by atoms with E-state index in [1.54, 1.807) is 0 Å². The number of ether oxygens (including phenoxy) is 1. The van der Waals surface area contributed by atoms with Crippen LogP contribution in [0.15, 0.2) is 84.4 Å². The van der Waals surface area contributed by atoms with Crippen LogP contribution in [0.2, 0.25) is 0 Å². The lowest BCUT2D eigenvalue weighted by Gasteiger charge is -2.25. The maximum Gasteiger partial charge on any atom is 0.295 e. The fourth-order valence-corrected chi connectivity index (χ4v) is 4.22. The standard InChI is InChI=1S/C29H28FNO4/c1-2-3-7-18-35-24-16-12-21(13-17-24)26-25(27(32)22-10-14-23(30)15-11-22)28(33)29(34)31(26)19-20-8-5-4-6-9-20/h4-6,8-17,26,32H,2-3,7,18-19H2,1H3. The first-order valence-electron chi connectivity index (χ1n) is 11.8. The fourth-order valence-electron chi connectivity index (χ4n) is 4.22. The zero-order valence-electron chi connectivity index (χ0n) is 19.6. The van der Waals surface area contributed by atoms with Gasteiger partial charge in [0.2, 0.25) is 0 Å². The number of hydrogen-bond donors (Lipinski definition) is 1. The van der Waals surface area contributed by atoms with E-state index in [2.05, 4.69) is 6.92 Å². The molecule has 5 nitrogen and oxygen atoms in total. The van der Waals surface area contributed by atoms with Gasteiger partial charge in [-0.2, -0.15) is 0 Å². The molecular weight excluding hydrogens is 445 g/mol. The molecule has 0 spiro atoms. The molecule has 180 valence electrons. The van der Waals surface area contributed by atoms with Gasteiger partial charge >= 0.3 is 0 Å². The van der Waals surface area contributed by atoms with Crippen LogP contribution >= 0.6 is 0 Å². The minimum atomic E-state index is -0.797. The van der Waals surface area contributed by atoms with Gasteiger partial charge in [-0.15, -0.1) is 0 Å². The van der Waals surface area contributed by atoms with Crippen LogP contribution in [0, 0.1) is 5.82 Å². The molecule has 1 fully saturated rings. The molecule has 1 atom stereocenters. The smallest absolute Gasteiger partial charge is 0.295 e. The van der Waals surface area contributed by atoms with Crippen LogP contribution < -0.4 is 4.74 Å². The van der Waals surface area contributed by atoms with Crippen LogP contribution in [0.4, 0.5) is 4.39 Å². The zero-order valence-corrected chi connectivity index (χ0v) is 19.6. The van der Waals surface area contributed by atoms with Crippen molar-refractivity contribution in [3.05, 3.63) is 107 Å². The number of carbonyl (C=O) groups excluding carboxylic acids is 2. The van der Waals surface area contributed by atoms with Gasteiger partial charge in [0.15, 0.2) is 0 Å². The first-order chi connectivity index (χ1) is 17.0. The molecular formula is C29H28FNO4. The third-order valence-corrected chi connectivity index (χ3v) is 6.07. The van der Waals surface area contributed by atoms with E-state index < -0.39 is 23.5 Å². The Hall–Kier alpha value is -3.93. The third-order valence-electron chi connectivity index (χ3n) is 6.07. The average Bonchev–Trinajstić information content (AvgIpc) is 3.12. The van der Waals surface area contributed by atoms with Crippen LogP contribution in [0.1, 0.15) is 48.9 Å². The number of rotatable bonds is 9. The number of aliphatic hydroxyl groups is 1. The SMILES string of the molecule is CCCCCOc1ccc(C2C(=C(O)c3ccc(F)cc3)C(=O)C(=O)N2Cc2ccccc2)cc1. The Morgan fingerprint density at radius 3 is 2.29 bits per heavy atom. The number of ketones is 1. The maximum absolute atomic E-state index is 13.4. The summed E-state index contributed by atoms with van der Waals surface area (Å²) in [5, 5.41) is 11.1. The van der Waals surface area contributed by atoms with Gasteiger partial charge in [-0.1, -0.05) is 62.2 Å². The highest BCUT2D eigenvalue weighted by molar-refractivity contribution is 6.46. The minimum Gasteiger partial charge on any atom is -0.507 e.